The van der Waals surface area contributed by atoms with Gasteiger partial charge >= 0.3 is 0 Å². The molecule has 0 aliphatic heterocycles. The van der Waals surface area contributed by atoms with Gasteiger partial charge in [-0.1, -0.05) is 0 Å². The predicted octanol–water partition coefficient (Wildman–Crippen LogP) is -1.87. The lowest BCUT2D eigenvalue weighted by atomic mass is 10.4. The summed E-state index contributed by atoms with van der Waals surface area (Å²) in [5.41, 5.74) is 5.04. The van der Waals surface area contributed by atoms with Gasteiger partial charge in [-0.15, -0.1) is 0 Å². The van der Waals surface area contributed by atoms with Crippen LogP contribution >= 0.6 is 0 Å². The number of hydrogen-bond acceptors (Lipinski definition) is 6. The lowest BCUT2D eigenvalue weighted by molar-refractivity contribution is -0.146. The van der Waals surface area contributed by atoms with Gasteiger partial charge in [0.2, 0.25) is 0 Å². The van der Waals surface area contributed by atoms with E-state index >= 15 is 0 Å². The van der Waals surface area contributed by atoms with Crippen LogP contribution in [0.25, 0.3) is 0 Å². The van der Waals surface area contributed by atoms with Gasteiger partial charge in [0.25, 0.3) is 11.9 Å². The summed E-state index contributed by atoms with van der Waals surface area (Å²) in [6, 6.07) is 0. The molecular weight excluding hydrogens is 152 g/mol. The van der Waals surface area contributed by atoms with E-state index in [0.29, 0.717) is 6.08 Å². The molecule has 0 bridgehead atoms. The molecule has 0 rings (SSSR count). The van der Waals surface area contributed by atoms with Crippen LogP contribution in [0.3, 0.4) is 0 Å². The Morgan fingerprint density at radius 1 is 1.45 bits per heavy atom. The second kappa shape index (κ2) is 4.14. The summed E-state index contributed by atoms with van der Waals surface area (Å²) in [7, 11) is 0. The Morgan fingerprint density at radius 2 is 2.00 bits per heavy atom. The summed E-state index contributed by atoms with van der Waals surface area (Å²) in [5, 5.41) is 36.2. The zero-order chi connectivity index (χ0) is 8.91. The smallest absolute Gasteiger partial charge is 0.276 e. The molecule has 0 aromatic carbocycles. The van der Waals surface area contributed by atoms with E-state index < -0.39 is 11.9 Å². The van der Waals surface area contributed by atoms with Crippen LogP contribution in [0.15, 0.2) is 12.0 Å². The number of nitrogens with one attached hydrogen (secondary N) is 1. The Kier molecular flexibility index (Phi) is 3.83. The first-order valence-corrected chi connectivity index (χ1v) is 2.98. The monoisotopic (exact) mass is 164 g/mol. The molecular formula is C5H12N2O4. The first-order valence-electron chi connectivity index (χ1n) is 2.98. The van der Waals surface area contributed by atoms with E-state index in [-0.39, 0.29) is 13.1 Å². The fourth-order valence-corrected chi connectivity index (χ4v) is 0.487. The van der Waals surface area contributed by atoms with Crippen molar-refractivity contribution in [3.63, 3.8) is 0 Å². The van der Waals surface area contributed by atoms with E-state index in [1.165, 1.54) is 0 Å². The quantitative estimate of drug-likeness (QED) is 0.214. The van der Waals surface area contributed by atoms with Crippen LogP contribution in [0.4, 0.5) is 0 Å². The molecule has 11 heavy (non-hydrogen) atoms. The summed E-state index contributed by atoms with van der Waals surface area (Å²) in [6.45, 7) is 0.361. The molecule has 0 aromatic heterocycles. The van der Waals surface area contributed by atoms with Gasteiger partial charge in [-0.3, -0.25) is 5.32 Å². The van der Waals surface area contributed by atoms with Crippen molar-refractivity contribution in [3.8, 4) is 0 Å². The lowest BCUT2D eigenvalue weighted by Crippen LogP contribution is -2.45. The van der Waals surface area contributed by atoms with Gasteiger partial charge in [0, 0.05) is 13.1 Å². The van der Waals surface area contributed by atoms with Crippen molar-refractivity contribution in [1.82, 2.24) is 5.32 Å². The third-order valence-electron chi connectivity index (χ3n) is 0.860. The van der Waals surface area contributed by atoms with Crippen LogP contribution in [0.2, 0.25) is 0 Å². The van der Waals surface area contributed by atoms with Crippen molar-refractivity contribution in [3.05, 3.63) is 12.0 Å². The maximum absolute atomic E-state index is 8.81. The van der Waals surface area contributed by atoms with Crippen molar-refractivity contribution in [1.29, 1.82) is 0 Å². The van der Waals surface area contributed by atoms with Gasteiger partial charge in [0.15, 0.2) is 0 Å². The average molecular weight is 164 g/mol. The standard InChI is InChI=1S/C5H12N2O4/c6-1-2-7-5(10,11)3-4(8)9/h3,7-11H,1-2,6H2. The fourth-order valence-electron chi connectivity index (χ4n) is 0.487. The van der Waals surface area contributed by atoms with E-state index in [0.717, 1.165) is 0 Å². The summed E-state index contributed by atoms with van der Waals surface area (Å²) in [4.78, 5) is 0. The Labute approximate surface area is 63.6 Å². The molecule has 7 N–H and O–H groups in total. The molecule has 0 saturated heterocycles. The minimum absolute atomic E-state index is 0.150. The van der Waals surface area contributed by atoms with Gasteiger partial charge in [-0.05, 0) is 0 Å². The summed E-state index contributed by atoms with van der Waals surface area (Å²) < 4.78 is 0. The van der Waals surface area contributed by atoms with Gasteiger partial charge in [0.05, 0.1) is 6.08 Å². The van der Waals surface area contributed by atoms with E-state index in [4.69, 9.17) is 26.2 Å². The van der Waals surface area contributed by atoms with Crippen LogP contribution in [0.5, 0.6) is 0 Å². The number of aliphatic hydroxyl groups excluding tert-OH is 1. The second-order valence-electron chi connectivity index (χ2n) is 1.94. The normalized spacial score (nSPS) is 11.2. The number of aliphatic hydroxyl groups is 4. The van der Waals surface area contributed by atoms with Gasteiger partial charge in [0.1, 0.15) is 0 Å². The third-order valence-corrected chi connectivity index (χ3v) is 0.860. The highest BCUT2D eigenvalue weighted by Crippen LogP contribution is 1.97. The highest BCUT2D eigenvalue weighted by Gasteiger charge is 2.19. The zero-order valence-corrected chi connectivity index (χ0v) is 5.86. The molecule has 6 nitrogen and oxygen atoms in total. The summed E-state index contributed by atoms with van der Waals surface area (Å²) in [5.74, 6) is -3.59. The molecule has 6 heteroatoms. The molecule has 0 aliphatic carbocycles. The molecule has 0 aromatic rings. The zero-order valence-electron chi connectivity index (χ0n) is 5.86. The van der Waals surface area contributed by atoms with Crippen molar-refractivity contribution < 1.29 is 20.4 Å². The first kappa shape index (κ1) is 10.2. The van der Waals surface area contributed by atoms with E-state index in [9.17, 15) is 0 Å². The molecule has 0 radical (unpaired) electrons. The number of rotatable bonds is 4. The lowest BCUT2D eigenvalue weighted by Gasteiger charge is -2.17. The summed E-state index contributed by atoms with van der Waals surface area (Å²) >= 11 is 0. The number of nitrogens with two attached hydrogens (primary N) is 1. The minimum Gasteiger partial charge on any atom is -0.481 e. The molecule has 0 fully saturated rings. The molecule has 0 atom stereocenters. The van der Waals surface area contributed by atoms with Crippen LogP contribution in [0, 0.1) is 0 Å². The summed E-state index contributed by atoms with van der Waals surface area (Å²) in [6.07, 6.45) is 0.433. The van der Waals surface area contributed by atoms with Gasteiger partial charge < -0.3 is 26.2 Å². The van der Waals surface area contributed by atoms with E-state index in [2.05, 4.69) is 5.32 Å². The Balaban J connectivity index is 3.90. The van der Waals surface area contributed by atoms with Crippen molar-refractivity contribution in [2.75, 3.05) is 13.1 Å². The van der Waals surface area contributed by atoms with E-state index in [1.807, 2.05) is 0 Å². The third kappa shape index (κ3) is 5.62. The fraction of sp³-hybridized carbons (Fsp3) is 0.600. The van der Waals surface area contributed by atoms with Crippen LogP contribution in [-0.2, 0) is 0 Å². The van der Waals surface area contributed by atoms with Gasteiger partial charge in [-0.25, -0.2) is 0 Å². The largest absolute Gasteiger partial charge is 0.481 e. The topological polar surface area (TPSA) is 119 Å². The Bertz CT molecular complexity index is 141. The molecule has 0 spiro atoms. The molecule has 66 valence electrons. The predicted molar refractivity (Wildman–Crippen MR) is 37.6 cm³/mol. The Hall–Kier alpha value is -0.820. The van der Waals surface area contributed by atoms with Gasteiger partial charge in [-0.2, -0.15) is 0 Å². The molecule has 0 saturated carbocycles. The van der Waals surface area contributed by atoms with E-state index in [1.54, 1.807) is 0 Å². The maximum atomic E-state index is 8.81. The Morgan fingerprint density at radius 3 is 2.36 bits per heavy atom. The minimum atomic E-state index is -2.42. The SMILES string of the molecule is NCCNC(O)(O)C=C(O)O. The van der Waals surface area contributed by atoms with Crippen molar-refractivity contribution >= 4 is 0 Å². The maximum Gasteiger partial charge on any atom is 0.276 e. The average Bonchev–Trinajstić information content (AvgIpc) is 1.81. The van der Waals surface area contributed by atoms with Crippen molar-refractivity contribution in [2.24, 2.45) is 5.73 Å². The molecule has 0 heterocycles. The van der Waals surface area contributed by atoms with Crippen LogP contribution in [-0.4, -0.2) is 39.4 Å². The first-order chi connectivity index (χ1) is 4.98. The highest BCUT2D eigenvalue weighted by molar-refractivity contribution is 4.90. The van der Waals surface area contributed by atoms with Crippen molar-refractivity contribution in [2.45, 2.75) is 5.91 Å². The van der Waals surface area contributed by atoms with Crippen LogP contribution < -0.4 is 11.1 Å². The molecule has 0 aliphatic rings. The second-order valence-corrected chi connectivity index (χ2v) is 1.94. The van der Waals surface area contributed by atoms with Crippen LogP contribution in [0.1, 0.15) is 0 Å². The number of hydrogen-bond donors (Lipinski definition) is 6. The molecule has 0 amide bonds. The molecule has 0 unspecified atom stereocenters. The highest BCUT2D eigenvalue weighted by atomic mass is 16.5.